The summed E-state index contributed by atoms with van der Waals surface area (Å²) in [5.74, 6) is -0.150. The van der Waals surface area contributed by atoms with Crippen molar-refractivity contribution in [3.8, 4) is 0 Å². The molecule has 1 amide bonds. The highest BCUT2D eigenvalue weighted by molar-refractivity contribution is 5.87. The van der Waals surface area contributed by atoms with E-state index in [1.807, 2.05) is 56.4 Å². The molecule has 0 saturated carbocycles. The van der Waals surface area contributed by atoms with Crippen LogP contribution in [-0.4, -0.2) is 45.6 Å². The minimum atomic E-state index is -0.791. The molecule has 0 radical (unpaired) electrons. The fraction of sp³-hybridized carbons (Fsp3) is 0.370. The number of hydrogen-bond donors (Lipinski definition) is 4. The molecular weight excluding hydrogens is 402 g/mol. The lowest BCUT2D eigenvalue weighted by Gasteiger charge is -2.16. The molecule has 174 valence electrons. The number of carbonyl (C=O) groups is 1. The third kappa shape index (κ3) is 15.1. The van der Waals surface area contributed by atoms with E-state index in [1.54, 1.807) is 42.5 Å². The standard InChI is InChI=1S/C27H37NO4/c1-22-14-8-6-7-10-18-25(30)21-26(31)20-24(29)17-9-4-3-5-11-19-27(32)28-23(2)16-13-12-15-22/h3-15,18-19,23-26,29-31H,16-17,20-21H2,1-2H3,(H,28,32)/b5-3+,7-6+,9-4+,13-12+,14-8-,18-10+,19-11+,22-15+/t23-,24+,25-,26+/m0/s1. The number of hydrogen-bond acceptors (Lipinski definition) is 4. The zero-order valence-corrected chi connectivity index (χ0v) is 19.0. The van der Waals surface area contributed by atoms with Crippen LogP contribution in [0.4, 0.5) is 0 Å². The van der Waals surface area contributed by atoms with E-state index in [1.165, 1.54) is 6.08 Å². The average molecular weight is 440 g/mol. The highest BCUT2D eigenvalue weighted by atomic mass is 16.3. The normalized spacial score (nSPS) is 35.9. The fourth-order valence-corrected chi connectivity index (χ4v) is 2.89. The maximum Gasteiger partial charge on any atom is 0.244 e. The number of carbonyl (C=O) groups excluding carboxylic acids is 1. The summed E-state index contributed by atoms with van der Waals surface area (Å²) < 4.78 is 0. The van der Waals surface area contributed by atoms with Gasteiger partial charge in [-0.2, -0.15) is 0 Å². The molecule has 0 aromatic carbocycles. The second-order valence-corrected chi connectivity index (χ2v) is 7.87. The maximum absolute atomic E-state index is 11.9. The van der Waals surface area contributed by atoms with Crippen LogP contribution in [0.15, 0.2) is 96.7 Å². The molecule has 1 heterocycles. The number of aliphatic hydroxyl groups excluding tert-OH is 3. The smallest absolute Gasteiger partial charge is 0.244 e. The molecule has 1 aliphatic rings. The predicted molar refractivity (Wildman–Crippen MR) is 132 cm³/mol. The van der Waals surface area contributed by atoms with Gasteiger partial charge in [-0.25, -0.2) is 0 Å². The van der Waals surface area contributed by atoms with Crippen LogP contribution in [-0.2, 0) is 4.79 Å². The molecule has 4 atom stereocenters. The number of amides is 1. The Morgan fingerprint density at radius 3 is 2.22 bits per heavy atom. The van der Waals surface area contributed by atoms with Gasteiger partial charge in [0.2, 0.25) is 5.91 Å². The lowest BCUT2D eigenvalue weighted by atomic mass is 10.0. The van der Waals surface area contributed by atoms with Crippen molar-refractivity contribution < 1.29 is 20.1 Å². The van der Waals surface area contributed by atoms with Crippen LogP contribution >= 0.6 is 0 Å². The Balaban J connectivity index is 2.79. The van der Waals surface area contributed by atoms with Crippen LogP contribution in [0.1, 0.15) is 39.5 Å². The van der Waals surface area contributed by atoms with Crippen molar-refractivity contribution >= 4 is 5.91 Å². The molecule has 32 heavy (non-hydrogen) atoms. The Morgan fingerprint density at radius 2 is 1.44 bits per heavy atom. The molecule has 4 N–H and O–H groups in total. The van der Waals surface area contributed by atoms with Crippen molar-refractivity contribution in [2.75, 3.05) is 0 Å². The lowest BCUT2D eigenvalue weighted by Crippen LogP contribution is -2.30. The second-order valence-electron chi connectivity index (χ2n) is 7.87. The van der Waals surface area contributed by atoms with Gasteiger partial charge in [0, 0.05) is 18.5 Å². The highest BCUT2D eigenvalue weighted by Crippen LogP contribution is 2.10. The minimum Gasteiger partial charge on any atom is -0.393 e. The molecule has 0 bridgehead atoms. The first-order valence-electron chi connectivity index (χ1n) is 11.1. The van der Waals surface area contributed by atoms with Crippen LogP contribution in [0.5, 0.6) is 0 Å². The highest BCUT2D eigenvalue weighted by Gasteiger charge is 2.13. The van der Waals surface area contributed by atoms with Gasteiger partial charge < -0.3 is 20.6 Å². The third-order valence-electron chi connectivity index (χ3n) is 4.58. The van der Waals surface area contributed by atoms with Crippen molar-refractivity contribution in [2.24, 2.45) is 0 Å². The zero-order valence-electron chi connectivity index (χ0n) is 19.0. The van der Waals surface area contributed by atoms with Gasteiger partial charge in [-0.1, -0.05) is 90.6 Å². The van der Waals surface area contributed by atoms with Gasteiger partial charge in [0.1, 0.15) is 0 Å². The number of nitrogens with one attached hydrogen (secondary N) is 1. The summed E-state index contributed by atoms with van der Waals surface area (Å²) in [5, 5.41) is 33.0. The van der Waals surface area contributed by atoms with E-state index in [0.717, 1.165) is 12.0 Å². The Bertz CT molecular complexity index is 783. The molecule has 5 nitrogen and oxygen atoms in total. The third-order valence-corrected chi connectivity index (χ3v) is 4.58. The molecule has 0 fully saturated rings. The van der Waals surface area contributed by atoms with Crippen molar-refractivity contribution in [3.05, 3.63) is 96.7 Å². The van der Waals surface area contributed by atoms with Gasteiger partial charge in [-0.3, -0.25) is 4.79 Å². The van der Waals surface area contributed by atoms with Gasteiger partial charge in [-0.05, 0) is 33.1 Å². The summed E-state index contributed by atoms with van der Waals surface area (Å²) in [6.07, 6.45) is 26.3. The van der Waals surface area contributed by atoms with Crippen molar-refractivity contribution in [1.29, 1.82) is 0 Å². The number of rotatable bonds is 0. The van der Waals surface area contributed by atoms with E-state index < -0.39 is 18.3 Å². The molecule has 1 rings (SSSR count). The second kappa shape index (κ2) is 16.9. The Kier molecular flexibility index (Phi) is 14.4. The van der Waals surface area contributed by atoms with Gasteiger partial charge >= 0.3 is 0 Å². The molecule has 0 aliphatic carbocycles. The van der Waals surface area contributed by atoms with Crippen LogP contribution < -0.4 is 5.32 Å². The summed E-state index contributed by atoms with van der Waals surface area (Å²) in [5.41, 5.74) is 1.08. The fourth-order valence-electron chi connectivity index (χ4n) is 2.89. The van der Waals surface area contributed by atoms with E-state index in [4.69, 9.17) is 0 Å². The van der Waals surface area contributed by atoms with Crippen LogP contribution in [0.25, 0.3) is 0 Å². The van der Waals surface area contributed by atoms with Gasteiger partial charge in [0.15, 0.2) is 0 Å². The topological polar surface area (TPSA) is 89.8 Å². The number of allylic oxidation sites excluding steroid dienone is 12. The minimum absolute atomic E-state index is 0.0250. The van der Waals surface area contributed by atoms with E-state index in [9.17, 15) is 20.1 Å². The van der Waals surface area contributed by atoms with Crippen molar-refractivity contribution in [3.63, 3.8) is 0 Å². The molecular formula is C27H37NO4. The predicted octanol–water partition coefficient (Wildman–Crippen LogP) is 3.99. The van der Waals surface area contributed by atoms with E-state index in [2.05, 4.69) is 5.32 Å². The molecule has 0 aromatic heterocycles. The summed E-state index contributed by atoms with van der Waals surface area (Å²) >= 11 is 0. The average Bonchev–Trinajstić information content (AvgIpc) is 2.72. The van der Waals surface area contributed by atoms with Crippen LogP contribution in [0.2, 0.25) is 0 Å². The zero-order chi connectivity index (χ0) is 23.6. The summed E-state index contributed by atoms with van der Waals surface area (Å²) in [7, 11) is 0. The Hall–Kier alpha value is -2.73. The monoisotopic (exact) mass is 439 g/mol. The summed E-state index contributed by atoms with van der Waals surface area (Å²) in [6, 6.07) is 0.0250. The SMILES string of the molecule is CC1=C\C=C\C[C@H](C)NC(=O)/C=C/C=C/C=C/C[C@@H](O)C[C@@H](O)C[C@@H](O)/C=C/C=C/C=C\1. The van der Waals surface area contributed by atoms with Crippen LogP contribution in [0, 0.1) is 0 Å². The maximum atomic E-state index is 11.9. The largest absolute Gasteiger partial charge is 0.393 e. The van der Waals surface area contributed by atoms with E-state index in [-0.39, 0.29) is 24.8 Å². The van der Waals surface area contributed by atoms with Crippen molar-refractivity contribution in [2.45, 2.75) is 63.9 Å². The van der Waals surface area contributed by atoms with E-state index >= 15 is 0 Å². The summed E-state index contributed by atoms with van der Waals surface area (Å²) in [4.78, 5) is 11.9. The molecule has 0 aromatic rings. The first kappa shape index (κ1) is 27.3. The Labute approximate surface area is 192 Å². The molecule has 5 heteroatoms. The molecule has 0 unspecified atom stereocenters. The molecule has 0 saturated heterocycles. The van der Waals surface area contributed by atoms with Gasteiger partial charge in [0.25, 0.3) is 0 Å². The first-order valence-corrected chi connectivity index (χ1v) is 11.1. The van der Waals surface area contributed by atoms with E-state index in [0.29, 0.717) is 6.42 Å². The quantitative estimate of drug-likeness (QED) is 0.459. The first-order chi connectivity index (χ1) is 15.4. The van der Waals surface area contributed by atoms with Gasteiger partial charge in [-0.15, -0.1) is 0 Å². The Morgan fingerprint density at radius 1 is 0.781 bits per heavy atom. The summed E-state index contributed by atoms with van der Waals surface area (Å²) in [6.45, 7) is 3.95. The van der Waals surface area contributed by atoms with Crippen molar-refractivity contribution in [1.82, 2.24) is 5.32 Å². The number of aliphatic hydroxyl groups is 3. The van der Waals surface area contributed by atoms with Gasteiger partial charge in [0.05, 0.1) is 18.3 Å². The lowest BCUT2D eigenvalue weighted by molar-refractivity contribution is -0.117. The molecule has 1 aliphatic heterocycles. The molecule has 0 spiro atoms. The van der Waals surface area contributed by atoms with Crippen LogP contribution in [0.3, 0.4) is 0 Å².